The van der Waals surface area contributed by atoms with Gasteiger partial charge >= 0.3 is 5.97 Å². The number of nitrogens with zero attached hydrogens (tertiary/aromatic N) is 4. The maximum absolute atomic E-state index is 13.5. The van der Waals surface area contributed by atoms with Crippen molar-refractivity contribution >= 4 is 23.0 Å². The number of benzene rings is 3. The fourth-order valence-electron chi connectivity index (χ4n) is 5.10. The fraction of sp³-hybridized carbons (Fsp3) is 0.172. The molecule has 0 unspecified atom stereocenters. The van der Waals surface area contributed by atoms with E-state index in [2.05, 4.69) is 9.88 Å². The molecule has 1 aliphatic rings. The summed E-state index contributed by atoms with van der Waals surface area (Å²) in [6.45, 7) is 0.509. The Morgan fingerprint density at radius 3 is 2.55 bits per heavy atom. The average molecular weight is 509 g/mol. The lowest BCUT2D eigenvalue weighted by Crippen LogP contribution is -2.40. The van der Waals surface area contributed by atoms with Crippen LogP contribution in [0.25, 0.3) is 22.7 Å². The van der Waals surface area contributed by atoms with Gasteiger partial charge in [-0.15, -0.1) is 0 Å². The Hall–Kier alpha value is -4.92. The highest BCUT2D eigenvalue weighted by atomic mass is 16.5. The molecule has 2 aromatic heterocycles. The average Bonchev–Trinajstić information content (AvgIpc) is 3.38. The molecule has 1 atom stereocenters. The molecule has 0 bridgehead atoms. The van der Waals surface area contributed by atoms with E-state index in [4.69, 9.17) is 14.1 Å². The first-order valence-electron chi connectivity index (χ1n) is 12.1. The third kappa shape index (κ3) is 3.80. The van der Waals surface area contributed by atoms with Crippen molar-refractivity contribution in [2.24, 2.45) is 7.05 Å². The van der Waals surface area contributed by atoms with E-state index in [1.807, 2.05) is 54.6 Å². The molecule has 0 saturated carbocycles. The quantitative estimate of drug-likeness (QED) is 0.371. The maximum atomic E-state index is 13.5. The molecule has 9 nitrogen and oxygen atoms in total. The highest BCUT2D eigenvalue weighted by molar-refractivity contribution is 5.88. The SMILES string of the molecule is COc1c(-c2nc3ccccc3o2)nc(N2CCc3cc(C(=O)O)ccc3[C@@H]2c2ccccc2)n(C)c1=O. The van der Waals surface area contributed by atoms with E-state index >= 15 is 0 Å². The van der Waals surface area contributed by atoms with Gasteiger partial charge in [-0.25, -0.2) is 14.8 Å². The molecule has 3 heterocycles. The van der Waals surface area contributed by atoms with E-state index in [0.29, 0.717) is 30.0 Å². The number of carboxylic acids is 1. The number of ether oxygens (including phenoxy) is 1. The Labute approximate surface area is 217 Å². The Kier molecular flexibility index (Phi) is 5.68. The van der Waals surface area contributed by atoms with Gasteiger partial charge < -0.3 is 19.2 Å². The molecule has 3 aromatic carbocycles. The number of hydrogen-bond donors (Lipinski definition) is 1. The van der Waals surface area contributed by atoms with Crippen LogP contribution in [0.4, 0.5) is 5.95 Å². The first kappa shape index (κ1) is 23.5. The summed E-state index contributed by atoms with van der Waals surface area (Å²) in [5.74, 6) is -0.298. The molecule has 5 aromatic rings. The van der Waals surface area contributed by atoms with E-state index < -0.39 is 5.97 Å². The molecule has 0 saturated heterocycles. The van der Waals surface area contributed by atoms with Crippen LogP contribution in [0.2, 0.25) is 0 Å². The van der Waals surface area contributed by atoms with Gasteiger partial charge in [-0.1, -0.05) is 48.5 Å². The van der Waals surface area contributed by atoms with Crippen molar-refractivity contribution in [1.29, 1.82) is 0 Å². The lowest BCUT2D eigenvalue weighted by Gasteiger charge is -2.39. The Balaban J connectivity index is 1.55. The van der Waals surface area contributed by atoms with E-state index in [1.54, 1.807) is 25.2 Å². The number of aromatic carboxylic acids is 1. The van der Waals surface area contributed by atoms with Crippen molar-refractivity contribution in [3.8, 4) is 17.3 Å². The predicted molar refractivity (Wildman–Crippen MR) is 142 cm³/mol. The lowest BCUT2D eigenvalue weighted by molar-refractivity contribution is 0.0696. The number of fused-ring (bicyclic) bond motifs is 2. The monoisotopic (exact) mass is 508 g/mol. The summed E-state index contributed by atoms with van der Waals surface area (Å²) in [6, 6.07) is 22.1. The minimum atomic E-state index is -0.964. The predicted octanol–water partition coefficient (Wildman–Crippen LogP) is 4.45. The van der Waals surface area contributed by atoms with Crippen LogP contribution in [-0.2, 0) is 13.5 Å². The number of rotatable bonds is 5. The second kappa shape index (κ2) is 9.19. The van der Waals surface area contributed by atoms with E-state index in [1.165, 1.54) is 11.7 Å². The van der Waals surface area contributed by atoms with Gasteiger partial charge in [0.15, 0.2) is 11.3 Å². The number of carboxylic acid groups (broad SMARTS) is 1. The Morgan fingerprint density at radius 2 is 1.82 bits per heavy atom. The summed E-state index contributed by atoms with van der Waals surface area (Å²) in [4.78, 5) is 36.7. The number of carbonyl (C=O) groups is 1. The molecule has 0 radical (unpaired) electrons. The van der Waals surface area contributed by atoms with Crippen molar-refractivity contribution in [3.05, 3.63) is 105 Å². The first-order chi connectivity index (χ1) is 18.5. The highest BCUT2D eigenvalue weighted by Crippen LogP contribution is 2.39. The second-order valence-electron chi connectivity index (χ2n) is 9.12. The smallest absolute Gasteiger partial charge is 0.335 e. The number of oxazole rings is 1. The van der Waals surface area contributed by atoms with Gasteiger partial charge in [0.1, 0.15) is 5.52 Å². The van der Waals surface area contributed by atoms with Crippen LogP contribution in [0.3, 0.4) is 0 Å². The molecule has 190 valence electrons. The first-order valence-corrected chi connectivity index (χ1v) is 12.1. The van der Waals surface area contributed by atoms with Crippen LogP contribution in [0.5, 0.6) is 5.75 Å². The molecule has 0 aliphatic carbocycles. The topological polar surface area (TPSA) is 111 Å². The van der Waals surface area contributed by atoms with Crippen LogP contribution >= 0.6 is 0 Å². The van der Waals surface area contributed by atoms with Crippen LogP contribution in [0.15, 0.2) is 82.0 Å². The van der Waals surface area contributed by atoms with Crippen molar-refractivity contribution in [2.45, 2.75) is 12.5 Å². The zero-order valence-electron chi connectivity index (χ0n) is 20.8. The second-order valence-corrected chi connectivity index (χ2v) is 9.12. The minimum absolute atomic E-state index is 0.0441. The number of methoxy groups -OCH3 is 1. The summed E-state index contributed by atoms with van der Waals surface area (Å²) < 4.78 is 12.9. The Bertz CT molecular complexity index is 1710. The van der Waals surface area contributed by atoms with Crippen molar-refractivity contribution in [1.82, 2.24) is 14.5 Å². The van der Waals surface area contributed by atoms with Crippen LogP contribution in [-0.4, -0.2) is 39.3 Å². The third-order valence-electron chi connectivity index (χ3n) is 6.92. The maximum Gasteiger partial charge on any atom is 0.335 e. The van der Waals surface area contributed by atoms with Crippen molar-refractivity contribution in [2.75, 3.05) is 18.6 Å². The standard InChI is InChI=1S/C29H24N4O5/c1-32-27(34)25(37-2)23(26-30-21-10-6-7-11-22(21)38-26)31-29(32)33-15-14-18-16-19(28(35)36)12-13-20(18)24(33)17-8-4-3-5-9-17/h3-13,16,24H,14-15H2,1-2H3,(H,35,36)/t24-/m0/s1. The highest BCUT2D eigenvalue weighted by Gasteiger charge is 2.33. The zero-order chi connectivity index (χ0) is 26.4. The van der Waals surface area contributed by atoms with Gasteiger partial charge in [0.05, 0.1) is 18.7 Å². The molecular formula is C29H24N4O5. The summed E-state index contributed by atoms with van der Waals surface area (Å²) in [6.07, 6.45) is 0.583. The molecule has 6 rings (SSSR count). The summed E-state index contributed by atoms with van der Waals surface area (Å²) in [7, 11) is 3.09. The minimum Gasteiger partial charge on any atom is -0.489 e. The number of aromatic nitrogens is 3. The van der Waals surface area contributed by atoms with Gasteiger partial charge in [0, 0.05) is 13.6 Å². The lowest BCUT2D eigenvalue weighted by atomic mass is 9.87. The van der Waals surface area contributed by atoms with Gasteiger partial charge in [-0.05, 0) is 47.4 Å². The van der Waals surface area contributed by atoms with Crippen molar-refractivity contribution in [3.63, 3.8) is 0 Å². The summed E-state index contributed by atoms with van der Waals surface area (Å²) in [5.41, 5.74) is 4.24. The molecule has 0 amide bonds. The van der Waals surface area contributed by atoms with Gasteiger partial charge in [0.2, 0.25) is 11.7 Å². The molecule has 1 aliphatic heterocycles. The zero-order valence-corrected chi connectivity index (χ0v) is 20.8. The molecule has 38 heavy (non-hydrogen) atoms. The number of hydrogen-bond acceptors (Lipinski definition) is 7. The molecule has 1 N–H and O–H groups in total. The van der Waals surface area contributed by atoms with Crippen LogP contribution < -0.4 is 15.2 Å². The summed E-state index contributed by atoms with van der Waals surface area (Å²) >= 11 is 0. The summed E-state index contributed by atoms with van der Waals surface area (Å²) in [5, 5.41) is 9.52. The fourth-order valence-corrected chi connectivity index (χ4v) is 5.10. The number of anilines is 1. The molecule has 0 spiro atoms. The van der Waals surface area contributed by atoms with Crippen LogP contribution in [0.1, 0.15) is 33.1 Å². The molecule has 9 heteroatoms. The van der Waals surface area contributed by atoms with E-state index in [9.17, 15) is 14.7 Å². The van der Waals surface area contributed by atoms with Gasteiger partial charge in [0.25, 0.3) is 11.4 Å². The van der Waals surface area contributed by atoms with E-state index in [-0.39, 0.29) is 34.5 Å². The molecule has 0 fully saturated rings. The van der Waals surface area contributed by atoms with Crippen LogP contribution in [0, 0.1) is 0 Å². The van der Waals surface area contributed by atoms with Gasteiger partial charge in [-0.2, -0.15) is 0 Å². The Morgan fingerprint density at radius 1 is 1.05 bits per heavy atom. The molecular weight excluding hydrogens is 484 g/mol. The van der Waals surface area contributed by atoms with Gasteiger partial charge in [-0.3, -0.25) is 9.36 Å². The van der Waals surface area contributed by atoms with E-state index in [0.717, 1.165) is 16.7 Å². The largest absolute Gasteiger partial charge is 0.489 e. The number of para-hydroxylation sites is 2. The van der Waals surface area contributed by atoms with Crippen molar-refractivity contribution < 1.29 is 19.1 Å². The third-order valence-corrected chi connectivity index (χ3v) is 6.92. The normalized spacial score (nSPS) is 14.9.